The Morgan fingerprint density at radius 2 is 1.49 bits per heavy atom. The second-order valence-electron chi connectivity index (χ2n) is 9.64. The molecule has 0 saturated carbocycles. The van der Waals surface area contributed by atoms with Crippen LogP contribution in [0.25, 0.3) is 10.9 Å². The molecular formula is C30H31N3O2. The number of β-amino-alcohol motifs (C(OH)–C–C–N with tert-alkyl or cyclic N) is 1. The maximum Gasteiger partial charge on any atom is 0.213 e. The van der Waals surface area contributed by atoms with Gasteiger partial charge in [0.1, 0.15) is 12.7 Å². The fourth-order valence-electron chi connectivity index (χ4n) is 5.54. The standard InChI is InChI=1S/C30H31N3O2/c34-26(21-35-30-14-13-22-7-1-4-10-27(22)31-30)20-32-17-15-25(16-18-32)33-28-11-5-2-8-23(28)19-24-9-3-6-12-29(24)33/h1-14,25-26,34H,15-21H2. The lowest BCUT2D eigenvalue weighted by Crippen LogP contribution is -2.47. The highest BCUT2D eigenvalue weighted by molar-refractivity contribution is 5.78. The number of aromatic nitrogens is 1. The Morgan fingerprint density at radius 1 is 0.829 bits per heavy atom. The van der Waals surface area contributed by atoms with E-state index in [0.717, 1.165) is 43.3 Å². The number of likely N-dealkylation sites (tertiary alicyclic amines) is 1. The normalized spacial score (nSPS) is 17.1. The fourth-order valence-corrected chi connectivity index (χ4v) is 5.54. The fraction of sp³-hybridized carbons (Fsp3) is 0.300. The first kappa shape index (κ1) is 22.1. The van der Waals surface area contributed by atoms with Crippen molar-refractivity contribution < 1.29 is 9.84 Å². The third kappa shape index (κ3) is 4.62. The molecule has 0 aliphatic carbocycles. The number of aliphatic hydroxyl groups excluding tert-OH is 1. The van der Waals surface area contributed by atoms with Gasteiger partial charge in [0.2, 0.25) is 5.88 Å². The zero-order chi connectivity index (χ0) is 23.6. The lowest BCUT2D eigenvalue weighted by molar-refractivity contribution is 0.0583. The van der Waals surface area contributed by atoms with Gasteiger partial charge < -0.3 is 19.6 Å². The van der Waals surface area contributed by atoms with Crippen LogP contribution in [0.3, 0.4) is 0 Å². The maximum atomic E-state index is 10.6. The highest BCUT2D eigenvalue weighted by atomic mass is 16.5. The molecule has 5 nitrogen and oxygen atoms in total. The maximum absolute atomic E-state index is 10.6. The first-order valence-electron chi connectivity index (χ1n) is 12.6. The summed E-state index contributed by atoms with van der Waals surface area (Å²) in [6, 6.07) is 29.9. The van der Waals surface area contributed by atoms with Crippen LogP contribution in [0.1, 0.15) is 24.0 Å². The van der Waals surface area contributed by atoms with Crippen molar-refractivity contribution in [3.8, 4) is 5.88 Å². The Bertz CT molecular complexity index is 1270. The van der Waals surface area contributed by atoms with Crippen molar-refractivity contribution in [2.75, 3.05) is 31.1 Å². The molecule has 1 unspecified atom stereocenters. The number of nitrogens with zero attached hydrogens (tertiary/aromatic N) is 3. The summed E-state index contributed by atoms with van der Waals surface area (Å²) in [6.45, 7) is 2.80. The molecule has 1 N–H and O–H groups in total. The van der Waals surface area contributed by atoms with E-state index in [2.05, 4.69) is 63.3 Å². The number of pyridine rings is 1. The molecule has 3 aromatic carbocycles. The third-order valence-corrected chi connectivity index (χ3v) is 7.27. The monoisotopic (exact) mass is 465 g/mol. The van der Waals surface area contributed by atoms with Crippen LogP contribution in [-0.2, 0) is 6.42 Å². The van der Waals surface area contributed by atoms with Crippen LogP contribution < -0.4 is 9.64 Å². The topological polar surface area (TPSA) is 48.8 Å². The van der Waals surface area contributed by atoms with E-state index in [1.807, 2.05) is 36.4 Å². The Morgan fingerprint density at radius 3 is 2.23 bits per heavy atom. The van der Waals surface area contributed by atoms with Gasteiger partial charge in [0, 0.05) is 54.9 Å². The number of ether oxygens (including phenoxy) is 1. The summed E-state index contributed by atoms with van der Waals surface area (Å²) in [4.78, 5) is 9.47. The first-order chi connectivity index (χ1) is 17.2. The number of fused-ring (bicyclic) bond motifs is 3. The van der Waals surface area contributed by atoms with E-state index in [9.17, 15) is 5.11 Å². The Labute approximate surface area is 206 Å². The molecule has 6 rings (SSSR count). The minimum Gasteiger partial charge on any atom is -0.475 e. The van der Waals surface area contributed by atoms with E-state index in [1.54, 1.807) is 0 Å². The van der Waals surface area contributed by atoms with E-state index < -0.39 is 6.10 Å². The molecule has 35 heavy (non-hydrogen) atoms. The van der Waals surface area contributed by atoms with Gasteiger partial charge in [0.15, 0.2) is 0 Å². The highest BCUT2D eigenvalue weighted by Gasteiger charge is 2.31. The van der Waals surface area contributed by atoms with Gasteiger partial charge in [-0.2, -0.15) is 0 Å². The predicted molar refractivity (Wildman–Crippen MR) is 141 cm³/mol. The van der Waals surface area contributed by atoms with Gasteiger partial charge in [-0.25, -0.2) is 4.98 Å². The van der Waals surface area contributed by atoms with E-state index in [-0.39, 0.29) is 6.61 Å². The van der Waals surface area contributed by atoms with Gasteiger partial charge in [-0.15, -0.1) is 0 Å². The van der Waals surface area contributed by atoms with Gasteiger partial charge in [0.05, 0.1) is 5.52 Å². The molecule has 1 saturated heterocycles. The summed E-state index contributed by atoms with van der Waals surface area (Å²) in [5, 5.41) is 11.7. The van der Waals surface area contributed by atoms with Crippen LogP contribution in [0.4, 0.5) is 11.4 Å². The molecule has 178 valence electrons. The summed E-state index contributed by atoms with van der Waals surface area (Å²) in [6.07, 6.45) is 2.60. The lowest BCUT2D eigenvalue weighted by Gasteiger charge is -2.43. The van der Waals surface area contributed by atoms with Crippen LogP contribution in [0.2, 0.25) is 0 Å². The average Bonchev–Trinajstić information content (AvgIpc) is 2.91. The number of aliphatic hydroxyl groups is 1. The number of para-hydroxylation sites is 3. The Kier molecular flexibility index (Phi) is 6.11. The molecule has 5 heteroatoms. The van der Waals surface area contributed by atoms with E-state index in [4.69, 9.17) is 4.74 Å². The van der Waals surface area contributed by atoms with Gasteiger partial charge in [0.25, 0.3) is 0 Å². The zero-order valence-corrected chi connectivity index (χ0v) is 19.9. The van der Waals surface area contributed by atoms with Crippen molar-refractivity contribution >= 4 is 22.3 Å². The molecule has 4 aromatic rings. The average molecular weight is 466 g/mol. The molecule has 1 atom stereocenters. The SMILES string of the molecule is OC(COc1ccc2ccccc2n1)CN1CCC(N2c3ccccc3Cc3ccccc32)CC1. The number of benzene rings is 3. The van der Waals surface area contributed by atoms with Crippen LogP contribution >= 0.6 is 0 Å². The number of hydrogen-bond acceptors (Lipinski definition) is 5. The molecule has 1 fully saturated rings. The minimum absolute atomic E-state index is 0.248. The lowest BCUT2D eigenvalue weighted by atomic mass is 9.92. The van der Waals surface area contributed by atoms with Gasteiger partial charge in [-0.3, -0.25) is 0 Å². The van der Waals surface area contributed by atoms with E-state index in [0.29, 0.717) is 18.5 Å². The quantitative estimate of drug-likeness (QED) is 0.425. The molecule has 2 aliphatic heterocycles. The smallest absolute Gasteiger partial charge is 0.213 e. The molecule has 2 aliphatic rings. The second-order valence-corrected chi connectivity index (χ2v) is 9.64. The molecule has 0 spiro atoms. The number of rotatable bonds is 6. The van der Waals surface area contributed by atoms with Crippen molar-refractivity contribution in [2.24, 2.45) is 0 Å². The van der Waals surface area contributed by atoms with E-state index in [1.165, 1.54) is 22.5 Å². The molecule has 0 radical (unpaired) electrons. The van der Waals surface area contributed by atoms with Crippen LogP contribution in [0, 0.1) is 0 Å². The van der Waals surface area contributed by atoms with Crippen LogP contribution in [0.15, 0.2) is 84.9 Å². The van der Waals surface area contributed by atoms with Crippen LogP contribution in [-0.4, -0.2) is 53.4 Å². The van der Waals surface area contributed by atoms with Crippen LogP contribution in [0.5, 0.6) is 5.88 Å². The van der Waals surface area contributed by atoms with Crippen molar-refractivity contribution in [1.29, 1.82) is 0 Å². The summed E-state index contributed by atoms with van der Waals surface area (Å²) < 4.78 is 5.82. The first-order valence-corrected chi connectivity index (χ1v) is 12.6. The molecule has 0 bridgehead atoms. The Balaban J connectivity index is 1.06. The Hall–Kier alpha value is -3.41. The third-order valence-electron chi connectivity index (χ3n) is 7.27. The number of hydrogen-bond donors (Lipinski definition) is 1. The molecular weight excluding hydrogens is 434 g/mol. The summed E-state index contributed by atoms with van der Waals surface area (Å²) in [5.41, 5.74) is 6.41. The molecule has 0 amide bonds. The number of anilines is 2. The summed E-state index contributed by atoms with van der Waals surface area (Å²) in [5.74, 6) is 0.559. The van der Waals surface area contributed by atoms with E-state index >= 15 is 0 Å². The molecule has 1 aromatic heterocycles. The predicted octanol–water partition coefficient (Wildman–Crippen LogP) is 5.18. The van der Waals surface area contributed by atoms with Gasteiger partial charge in [-0.1, -0.05) is 54.6 Å². The second kappa shape index (κ2) is 9.68. The number of piperidine rings is 1. The highest BCUT2D eigenvalue weighted by Crippen LogP contribution is 2.41. The van der Waals surface area contributed by atoms with Crippen molar-refractivity contribution in [3.05, 3.63) is 96.1 Å². The van der Waals surface area contributed by atoms with Crippen molar-refractivity contribution in [2.45, 2.75) is 31.4 Å². The van der Waals surface area contributed by atoms with Gasteiger partial charge in [-0.05, 0) is 48.2 Å². The zero-order valence-electron chi connectivity index (χ0n) is 19.9. The largest absolute Gasteiger partial charge is 0.475 e. The summed E-state index contributed by atoms with van der Waals surface area (Å²) in [7, 11) is 0. The molecule has 3 heterocycles. The van der Waals surface area contributed by atoms with Crippen molar-refractivity contribution in [3.63, 3.8) is 0 Å². The van der Waals surface area contributed by atoms with Gasteiger partial charge >= 0.3 is 0 Å². The summed E-state index contributed by atoms with van der Waals surface area (Å²) >= 11 is 0. The minimum atomic E-state index is -0.545. The van der Waals surface area contributed by atoms with Crippen molar-refractivity contribution in [1.82, 2.24) is 9.88 Å².